The Morgan fingerprint density at radius 1 is 1.45 bits per heavy atom. The number of carboxylic acids is 1. The van der Waals surface area contributed by atoms with Gasteiger partial charge in [-0.1, -0.05) is 0 Å². The maximum absolute atomic E-state index is 11.7. The van der Waals surface area contributed by atoms with Gasteiger partial charge >= 0.3 is 18.0 Å². The molecule has 20 heavy (non-hydrogen) atoms. The fourth-order valence-corrected chi connectivity index (χ4v) is 2.19. The fourth-order valence-electron chi connectivity index (χ4n) is 1.34. The van der Waals surface area contributed by atoms with Gasteiger partial charge in [0.25, 0.3) is 0 Å². The Balaban J connectivity index is 2.54. The van der Waals surface area contributed by atoms with Gasteiger partial charge in [0.2, 0.25) is 0 Å². The lowest BCUT2D eigenvalue weighted by Gasteiger charge is -2.15. The van der Waals surface area contributed by atoms with Crippen LogP contribution in [0, 0.1) is 6.92 Å². The molecule has 0 aromatic carbocycles. The molecule has 0 aliphatic heterocycles. The van der Waals surface area contributed by atoms with Crippen LogP contribution in [0.5, 0.6) is 0 Å². The van der Waals surface area contributed by atoms with Crippen molar-refractivity contribution in [2.45, 2.75) is 13.5 Å². The van der Waals surface area contributed by atoms with Crippen molar-refractivity contribution in [3.63, 3.8) is 0 Å². The molecule has 1 rings (SSSR count). The van der Waals surface area contributed by atoms with Crippen molar-refractivity contribution >= 4 is 29.3 Å². The van der Waals surface area contributed by atoms with Crippen molar-refractivity contribution in [3.05, 3.63) is 15.6 Å². The summed E-state index contributed by atoms with van der Waals surface area (Å²) in [6.45, 7) is 1.53. The third-order valence-electron chi connectivity index (χ3n) is 2.37. The smallest absolute Gasteiger partial charge is 0.347 e. The first-order chi connectivity index (χ1) is 9.35. The van der Waals surface area contributed by atoms with Gasteiger partial charge in [-0.25, -0.2) is 14.6 Å². The van der Waals surface area contributed by atoms with Gasteiger partial charge < -0.3 is 20.1 Å². The Morgan fingerprint density at radius 3 is 2.60 bits per heavy atom. The molecule has 110 valence electrons. The summed E-state index contributed by atoms with van der Waals surface area (Å²) in [6.07, 6.45) is 0. The molecular weight excluding hydrogens is 286 g/mol. The largest absolute Gasteiger partial charge is 0.477 e. The van der Waals surface area contributed by atoms with Crippen LogP contribution >= 0.6 is 11.3 Å². The molecule has 1 aromatic rings. The minimum Gasteiger partial charge on any atom is -0.477 e. The van der Waals surface area contributed by atoms with Gasteiger partial charge in [-0.2, -0.15) is 0 Å². The predicted octanol–water partition coefficient (Wildman–Crippen LogP) is 0.464. The molecule has 2 amide bonds. The van der Waals surface area contributed by atoms with Crippen molar-refractivity contribution in [3.8, 4) is 0 Å². The average molecular weight is 301 g/mol. The quantitative estimate of drug-likeness (QED) is 0.765. The van der Waals surface area contributed by atoms with E-state index in [1.807, 2.05) is 0 Å². The first-order valence-corrected chi connectivity index (χ1v) is 6.42. The molecule has 0 atom stereocenters. The van der Waals surface area contributed by atoms with Gasteiger partial charge in [-0.05, 0) is 6.92 Å². The minimum absolute atomic E-state index is 0.100. The summed E-state index contributed by atoms with van der Waals surface area (Å²) >= 11 is 1.00. The van der Waals surface area contributed by atoms with E-state index in [0.29, 0.717) is 10.7 Å². The van der Waals surface area contributed by atoms with Crippen molar-refractivity contribution in [1.29, 1.82) is 0 Å². The van der Waals surface area contributed by atoms with E-state index in [1.54, 1.807) is 6.92 Å². The number of aromatic nitrogens is 1. The van der Waals surface area contributed by atoms with E-state index in [0.717, 1.165) is 16.2 Å². The van der Waals surface area contributed by atoms with E-state index in [1.165, 1.54) is 14.2 Å². The lowest BCUT2D eigenvalue weighted by molar-refractivity contribution is -0.141. The zero-order chi connectivity index (χ0) is 15.3. The number of aryl methyl sites for hydroxylation is 1. The fraction of sp³-hybridized carbons (Fsp3) is 0.455. The van der Waals surface area contributed by atoms with E-state index >= 15 is 0 Å². The Bertz CT molecular complexity index is 528. The highest BCUT2D eigenvalue weighted by Gasteiger charge is 2.16. The van der Waals surface area contributed by atoms with E-state index in [9.17, 15) is 14.4 Å². The normalized spacial score (nSPS) is 9.95. The summed E-state index contributed by atoms with van der Waals surface area (Å²) in [6, 6.07) is -0.472. The Morgan fingerprint density at radius 2 is 2.10 bits per heavy atom. The number of hydrogen-bond donors (Lipinski definition) is 2. The summed E-state index contributed by atoms with van der Waals surface area (Å²) in [7, 11) is 2.68. The average Bonchev–Trinajstić information content (AvgIpc) is 2.77. The topological polar surface area (TPSA) is 109 Å². The number of thiazole rings is 1. The molecule has 1 heterocycles. The number of hydrogen-bond acceptors (Lipinski definition) is 6. The second kappa shape index (κ2) is 6.85. The van der Waals surface area contributed by atoms with Crippen LogP contribution in [-0.2, 0) is 16.1 Å². The van der Waals surface area contributed by atoms with Crippen LogP contribution in [0.1, 0.15) is 20.4 Å². The standard InChI is InChI=1S/C11H15N3O5S/c1-6-9(10(16)17)20-7(13-6)4-12-11(18)14(2)5-8(15)19-3/h4-5H2,1-3H3,(H,12,18)(H,16,17). The third kappa shape index (κ3) is 4.19. The molecular formula is C11H15N3O5S. The first kappa shape index (κ1) is 15.9. The number of esters is 1. The molecule has 0 unspecified atom stereocenters. The van der Waals surface area contributed by atoms with Crippen LogP contribution in [-0.4, -0.2) is 53.7 Å². The minimum atomic E-state index is -1.04. The van der Waals surface area contributed by atoms with Crippen LogP contribution in [0.3, 0.4) is 0 Å². The molecule has 0 spiro atoms. The summed E-state index contributed by atoms with van der Waals surface area (Å²) < 4.78 is 4.44. The van der Waals surface area contributed by atoms with Gasteiger partial charge in [0.05, 0.1) is 19.3 Å². The maximum atomic E-state index is 11.7. The zero-order valence-corrected chi connectivity index (χ0v) is 12.1. The second-order valence-electron chi connectivity index (χ2n) is 3.92. The van der Waals surface area contributed by atoms with E-state index in [-0.39, 0.29) is 18.0 Å². The summed E-state index contributed by atoms with van der Waals surface area (Å²) in [4.78, 5) is 38.9. The predicted molar refractivity (Wildman–Crippen MR) is 70.7 cm³/mol. The number of amides is 2. The molecule has 0 aliphatic rings. The molecule has 0 radical (unpaired) electrons. The number of urea groups is 1. The van der Waals surface area contributed by atoms with Gasteiger partial charge in [0.15, 0.2) is 0 Å². The number of nitrogens with zero attached hydrogens (tertiary/aromatic N) is 2. The molecule has 0 saturated heterocycles. The molecule has 0 saturated carbocycles. The van der Waals surface area contributed by atoms with Crippen molar-refractivity contribution in [1.82, 2.24) is 15.2 Å². The lowest BCUT2D eigenvalue weighted by atomic mass is 10.4. The number of nitrogens with one attached hydrogen (secondary N) is 1. The number of aromatic carboxylic acids is 1. The Labute approximate surface area is 119 Å². The van der Waals surface area contributed by atoms with Crippen LogP contribution < -0.4 is 5.32 Å². The second-order valence-corrected chi connectivity index (χ2v) is 5.00. The number of carboxylic acid groups (broad SMARTS) is 1. The van der Waals surface area contributed by atoms with E-state index in [2.05, 4.69) is 15.0 Å². The van der Waals surface area contributed by atoms with Crippen LogP contribution in [0.25, 0.3) is 0 Å². The van der Waals surface area contributed by atoms with Crippen molar-refractivity contribution in [2.75, 3.05) is 20.7 Å². The summed E-state index contributed by atoms with van der Waals surface area (Å²) in [5.41, 5.74) is 0.412. The van der Waals surface area contributed by atoms with Crippen molar-refractivity contribution in [2.24, 2.45) is 0 Å². The van der Waals surface area contributed by atoms with Crippen LogP contribution in [0.4, 0.5) is 4.79 Å². The molecule has 1 aromatic heterocycles. The van der Waals surface area contributed by atoms with Crippen LogP contribution in [0.2, 0.25) is 0 Å². The zero-order valence-electron chi connectivity index (χ0n) is 11.3. The number of rotatable bonds is 5. The molecule has 2 N–H and O–H groups in total. The van der Waals surface area contributed by atoms with Gasteiger partial charge in [0.1, 0.15) is 16.4 Å². The summed E-state index contributed by atoms with van der Waals surface area (Å²) in [5, 5.41) is 11.9. The highest BCUT2D eigenvalue weighted by Crippen LogP contribution is 2.17. The Hall–Kier alpha value is -2.16. The highest BCUT2D eigenvalue weighted by atomic mass is 32.1. The van der Waals surface area contributed by atoms with Crippen LogP contribution in [0.15, 0.2) is 0 Å². The Kier molecular flexibility index (Phi) is 5.44. The molecule has 8 nitrogen and oxygen atoms in total. The van der Waals surface area contributed by atoms with Gasteiger partial charge in [0, 0.05) is 7.05 Å². The van der Waals surface area contributed by atoms with Gasteiger partial charge in [-0.3, -0.25) is 4.79 Å². The number of ether oxygens (including phenoxy) is 1. The molecule has 0 aliphatic carbocycles. The molecule has 9 heteroatoms. The van der Waals surface area contributed by atoms with Gasteiger partial charge in [-0.15, -0.1) is 11.3 Å². The lowest BCUT2D eigenvalue weighted by Crippen LogP contribution is -2.40. The van der Waals surface area contributed by atoms with E-state index < -0.39 is 18.0 Å². The number of carbonyl (C=O) groups excluding carboxylic acids is 2. The SMILES string of the molecule is COC(=O)CN(C)C(=O)NCc1nc(C)c(C(=O)O)s1. The number of methoxy groups -OCH3 is 1. The third-order valence-corrected chi connectivity index (χ3v) is 3.51. The number of carbonyl (C=O) groups is 3. The highest BCUT2D eigenvalue weighted by molar-refractivity contribution is 7.13. The number of likely N-dealkylation sites (N-methyl/N-ethyl adjacent to an activating group) is 1. The monoisotopic (exact) mass is 301 g/mol. The maximum Gasteiger partial charge on any atom is 0.347 e. The van der Waals surface area contributed by atoms with E-state index in [4.69, 9.17) is 5.11 Å². The van der Waals surface area contributed by atoms with Crippen molar-refractivity contribution < 1.29 is 24.2 Å². The summed E-state index contributed by atoms with van der Waals surface area (Å²) in [5.74, 6) is -1.57. The first-order valence-electron chi connectivity index (χ1n) is 5.60. The molecule has 0 fully saturated rings. The molecule has 0 bridgehead atoms.